The van der Waals surface area contributed by atoms with Crippen molar-refractivity contribution in [2.24, 2.45) is 11.8 Å². The Morgan fingerprint density at radius 2 is 1.92 bits per heavy atom. The van der Waals surface area contributed by atoms with Crippen LogP contribution in [0.5, 0.6) is 0 Å². The summed E-state index contributed by atoms with van der Waals surface area (Å²) in [5, 5.41) is 0. The molecular formula is C10H20N2O. The molecule has 0 aromatic carbocycles. The maximum Gasteiger partial charge on any atom is 0.236 e. The zero-order valence-electron chi connectivity index (χ0n) is 9.08. The number of rotatable bonds is 4. The van der Waals surface area contributed by atoms with E-state index in [2.05, 4.69) is 11.8 Å². The van der Waals surface area contributed by atoms with Crippen LogP contribution in [0.4, 0.5) is 0 Å². The topological polar surface area (TPSA) is 23.6 Å². The molecule has 2 atom stereocenters. The Kier molecular flexibility index (Phi) is 3.31. The van der Waals surface area contributed by atoms with E-state index in [1.807, 2.05) is 7.05 Å². The summed E-state index contributed by atoms with van der Waals surface area (Å²) in [7, 11) is 5.62. The van der Waals surface area contributed by atoms with Gasteiger partial charge in [-0.3, -0.25) is 9.69 Å². The number of hydrogen-bond donors (Lipinski definition) is 0. The fraction of sp³-hybridized carbons (Fsp3) is 0.900. The van der Waals surface area contributed by atoms with E-state index in [-0.39, 0.29) is 5.91 Å². The van der Waals surface area contributed by atoms with Crippen LogP contribution >= 0.6 is 0 Å². The van der Waals surface area contributed by atoms with Crippen molar-refractivity contribution in [3.8, 4) is 0 Å². The summed E-state index contributed by atoms with van der Waals surface area (Å²) in [5.41, 5.74) is 0. The normalized spacial score (nSPS) is 26.2. The molecule has 0 saturated heterocycles. The molecule has 1 fully saturated rings. The third kappa shape index (κ3) is 3.35. The molecule has 1 saturated carbocycles. The van der Waals surface area contributed by atoms with Crippen molar-refractivity contribution < 1.29 is 4.79 Å². The quantitative estimate of drug-likeness (QED) is 0.641. The molecule has 0 aromatic rings. The molecule has 0 heterocycles. The molecular weight excluding hydrogens is 164 g/mol. The van der Waals surface area contributed by atoms with E-state index in [1.54, 1.807) is 19.0 Å². The first-order valence-electron chi connectivity index (χ1n) is 4.89. The molecule has 0 bridgehead atoms. The monoisotopic (exact) mass is 184 g/mol. The van der Waals surface area contributed by atoms with Gasteiger partial charge >= 0.3 is 0 Å². The largest absolute Gasteiger partial charge is 0.348 e. The minimum Gasteiger partial charge on any atom is -0.348 e. The van der Waals surface area contributed by atoms with Crippen LogP contribution in [0.3, 0.4) is 0 Å². The molecule has 0 aliphatic heterocycles. The Balaban J connectivity index is 2.17. The van der Waals surface area contributed by atoms with E-state index in [9.17, 15) is 4.79 Å². The van der Waals surface area contributed by atoms with Crippen molar-refractivity contribution >= 4 is 5.91 Å². The zero-order valence-corrected chi connectivity index (χ0v) is 9.08. The maximum atomic E-state index is 11.3. The Morgan fingerprint density at radius 3 is 2.31 bits per heavy atom. The third-order valence-corrected chi connectivity index (χ3v) is 2.73. The first-order chi connectivity index (χ1) is 6.00. The third-order valence-electron chi connectivity index (χ3n) is 2.73. The summed E-state index contributed by atoms with van der Waals surface area (Å²) in [6.07, 6.45) is 1.33. The lowest BCUT2D eigenvalue weighted by Gasteiger charge is -2.18. The van der Waals surface area contributed by atoms with Gasteiger partial charge < -0.3 is 4.90 Å². The highest BCUT2D eigenvalue weighted by Gasteiger charge is 2.33. The molecule has 0 radical (unpaired) electrons. The summed E-state index contributed by atoms with van der Waals surface area (Å²) >= 11 is 0. The number of likely N-dealkylation sites (N-methyl/N-ethyl adjacent to an activating group) is 2. The van der Waals surface area contributed by atoms with Crippen LogP contribution in [0.2, 0.25) is 0 Å². The number of hydrogen-bond acceptors (Lipinski definition) is 2. The molecule has 3 heteroatoms. The van der Waals surface area contributed by atoms with E-state index in [0.29, 0.717) is 6.54 Å². The van der Waals surface area contributed by atoms with Crippen LogP contribution in [0, 0.1) is 11.8 Å². The minimum absolute atomic E-state index is 0.191. The SMILES string of the molecule is CC1CC1CN(C)CC(=O)N(C)C. The van der Waals surface area contributed by atoms with Crippen molar-refractivity contribution in [1.29, 1.82) is 0 Å². The second kappa shape index (κ2) is 4.09. The first-order valence-corrected chi connectivity index (χ1v) is 4.89. The number of amides is 1. The standard InChI is InChI=1S/C10H20N2O/c1-8-5-9(8)6-12(4)7-10(13)11(2)3/h8-9H,5-7H2,1-4H3. The van der Waals surface area contributed by atoms with Gasteiger partial charge in [0.15, 0.2) is 0 Å². The average Bonchev–Trinajstić information content (AvgIpc) is 2.65. The lowest BCUT2D eigenvalue weighted by atomic mass is 10.3. The van der Waals surface area contributed by atoms with Crippen LogP contribution in [0.1, 0.15) is 13.3 Å². The van der Waals surface area contributed by atoms with Gasteiger partial charge in [-0.1, -0.05) is 6.92 Å². The van der Waals surface area contributed by atoms with Crippen molar-refractivity contribution in [1.82, 2.24) is 9.80 Å². The Morgan fingerprint density at radius 1 is 1.38 bits per heavy atom. The molecule has 0 N–H and O–H groups in total. The second-order valence-electron chi connectivity index (χ2n) is 4.46. The molecule has 2 unspecified atom stereocenters. The van der Waals surface area contributed by atoms with Crippen LogP contribution in [-0.4, -0.2) is 49.9 Å². The highest BCUT2D eigenvalue weighted by Crippen LogP contribution is 2.37. The van der Waals surface area contributed by atoms with E-state index in [1.165, 1.54) is 6.42 Å². The van der Waals surface area contributed by atoms with Crippen molar-refractivity contribution in [3.63, 3.8) is 0 Å². The summed E-state index contributed by atoms with van der Waals surface area (Å²) in [6.45, 7) is 3.89. The highest BCUT2D eigenvalue weighted by atomic mass is 16.2. The van der Waals surface area contributed by atoms with Gasteiger partial charge in [0.2, 0.25) is 5.91 Å². The molecule has 0 aromatic heterocycles. The van der Waals surface area contributed by atoms with Gasteiger partial charge in [0.05, 0.1) is 6.54 Å². The van der Waals surface area contributed by atoms with Gasteiger partial charge in [-0.15, -0.1) is 0 Å². The van der Waals surface area contributed by atoms with Crippen LogP contribution < -0.4 is 0 Å². The molecule has 0 spiro atoms. The van der Waals surface area contributed by atoms with Gasteiger partial charge in [-0.05, 0) is 25.3 Å². The fourth-order valence-corrected chi connectivity index (χ4v) is 1.49. The first kappa shape index (κ1) is 10.5. The molecule has 76 valence electrons. The second-order valence-corrected chi connectivity index (χ2v) is 4.46. The van der Waals surface area contributed by atoms with Gasteiger partial charge in [0, 0.05) is 20.6 Å². The molecule has 1 aliphatic carbocycles. The minimum atomic E-state index is 0.191. The molecule has 1 aliphatic rings. The van der Waals surface area contributed by atoms with Crippen LogP contribution in [0.15, 0.2) is 0 Å². The molecule has 3 nitrogen and oxygen atoms in total. The number of carbonyl (C=O) groups excluding carboxylic acids is 1. The smallest absolute Gasteiger partial charge is 0.236 e. The zero-order chi connectivity index (χ0) is 10.0. The van der Waals surface area contributed by atoms with E-state index in [0.717, 1.165) is 18.4 Å². The summed E-state index contributed by atoms with van der Waals surface area (Å²) < 4.78 is 0. The van der Waals surface area contributed by atoms with E-state index < -0.39 is 0 Å². The lowest BCUT2D eigenvalue weighted by molar-refractivity contribution is -0.129. The van der Waals surface area contributed by atoms with Crippen molar-refractivity contribution in [2.75, 3.05) is 34.2 Å². The van der Waals surface area contributed by atoms with Crippen LogP contribution in [0.25, 0.3) is 0 Å². The fourth-order valence-electron chi connectivity index (χ4n) is 1.49. The van der Waals surface area contributed by atoms with Crippen LogP contribution in [-0.2, 0) is 4.79 Å². The Labute approximate surface area is 80.7 Å². The van der Waals surface area contributed by atoms with Gasteiger partial charge in [0.25, 0.3) is 0 Å². The Hall–Kier alpha value is -0.570. The van der Waals surface area contributed by atoms with Gasteiger partial charge in [0.1, 0.15) is 0 Å². The van der Waals surface area contributed by atoms with Gasteiger partial charge in [-0.2, -0.15) is 0 Å². The van der Waals surface area contributed by atoms with Crippen molar-refractivity contribution in [3.05, 3.63) is 0 Å². The van der Waals surface area contributed by atoms with Gasteiger partial charge in [-0.25, -0.2) is 0 Å². The number of nitrogens with zero attached hydrogens (tertiary/aromatic N) is 2. The summed E-state index contributed by atoms with van der Waals surface area (Å²) in [5.74, 6) is 1.90. The summed E-state index contributed by atoms with van der Waals surface area (Å²) in [6, 6.07) is 0. The Bertz CT molecular complexity index is 191. The molecule has 1 rings (SSSR count). The lowest BCUT2D eigenvalue weighted by Crippen LogP contribution is -2.35. The molecule has 13 heavy (non-hydrogen) atoms. The maximum absolute atomic E-state index is 11.3. The average molecular weight is 184 g/mol. The number of carbonyl (C=O) groups is 1. The van der Waals surface area contributed by atoms with E-state index >= 15 is 0 Å². The molecule has 1 amide bonds. The summed E-state index contributed by atoms with van der Waals surface area (Å²) in [4.78, 5) is 15.1. The van der Waals surface area contributed by atoms with Crippen molar-refractivity contribution in [2.45, 2.75) is 13.3 Å². The van der Waals surface area contributed by atoms with E-state index in [4.69, 9.17) is 0 Å². The highest BCUT2D eigenvalue weighted by molar-refractivity contribution is 5.77. The predicted molar refractivity (Wildman–Crippen MR) is 53.5 cm³/mol. The predicted octanol–water partition coefficient (Wildman–Crippen LogP) is 0.662.